The first-order valence-corrected chi connectivity index (χ1v) is 10.4. The number of unbranched alkanes of at least 4 members (excludes halogenated alkanes) is 8. The van der Waals surface area contributed by atoms with Crippen LogP contribution in [0.25, 0.3) is 0 Å². The molecular formula is C15H30ClNO4P-. The number of alkyl halides is 1. The van der Waals surface area contributed by atoms with Gasteiger partial charge in [-0.3, -0.25) is 9.36 Å². The molecule has 0 saturated heterocycles. The van der Waals surface area contributed by atoms with Gasteiger partial charge < -0.3 is 14.7 Å². The minimum atomic E-state index is -4.43. The summed E-state index contributed by atoms with van der Waals surface area (Å²) in [6.07, 6.45) is 9.83. The summed E-state index contributed by atoms with van der Waals surface area (Å²) in [5.41, 5.74) is -1.00. The lowest BCUT2D eigenvalue weighted by Crippen LogP contribution is -2.28. The number of halogens is 1. The van der Waals surface area contributed by atoms with Crippen molar-refractivity contribution < 1.29 is 18.8 Å². The van der Waals surface area contributed by atoms with Gasteiger partial charge in [0.25, 0.3) is 5.65 Å². The fraction of sp³-hybridized carbons (Fsp3) is 0.933. The maximum absolute atomic E-state index is 11.6. The average Bonchev–Trinajstić information content (AvgIpc) is 2.49. The summed E-state index contributed by atoms with van der Waals surface area (Å²) in [6, 6.07) is 0. The van der Waals surface area contributed by atoms with Crippen LogP contribution in [0.4, 0.5) is 4.79 Å². The van der Waals surface area contributed by atoms with Crippen molar-refractivity contribution in [2.45, 2.75) is 71.1 Å². The highest BCUT2D eigenvalue weighted by atomic mass is 35.5. The molecule has 5 nitrogen and oxygen atoms in total. The monoisotopic (exact) mass is 354 g/mol. The molecule has 0 heterocycles. The molecule has 0 spiro atoms. The summed E-state index contributed by atoms with van der Waals surface area (Å²) >= 11 is 5.56. The van der Waals surface area contributed by atoms with Gasteiger partial charge in [0.05, 0.1) is 6.61 Å². The highest BCUT2D eigenvalue weighted by molar-refractivity contribution is 7.69. The zero-order valence-electron chi connectivity index (χ0n) is 13.7. The van der Waals surface area contributed by atoms with E-state index in [2.05, 4.69) is 12.2 Å². The molecule has 0 aliphatic heterocycles. The summed E-state index contributed by atoms with van der Waals surface area (Å²) in [6.45, 7) is 2.59. The smallest absolute Gasteiger partial charge is 0.291 e. The van der Waals surface area contributed by atoms with E-state index in [9.17, 15) is 14.3 Å². The first kappa shape index (κ1) is 21.9. The summed E-state index contributed by atoms with van der Waals surface area (Å²) in [5, 5.41) is 2.40. The van der Waals surface area contributed by atoms with Crippen LogP contribution in [0.15, 0.2) is 0 Å². The SMILES string of the molecule is CCCCCCCCOP(=O)([O-])C(=O)NCCCCCCCl. The summed E-state index contributed by atoms with van der Waals surface area (Å²) < 4.78 is 16.4. The van der Waals surface area contributed by atoms with E-state index >= 15 is 0 Å². The van der Waals surface area contributed by atoms with Crippen LogP contribution < -0.4 is 10.2 Å². The predicted molar refractivity (Wildman–Crippen MR) is 89.5 cm³/mol. The van der Waals surface area contributed by atoms with Gasteiger partial charge in [-0.15, -0.1) is 11.6 Å². The molecule has 1 amide bonds. The highest BCUT2D eigenvalue weighted by Gasteiger charge is 2.19. The van der Waals surface area contributed by atoms with Gasteiger partial charge in [0, 0.05) is 12.4 Å². The Labute approximate surface area is 139 Å². The van der Waals surface area contributed by atoms with E-state index in [0.29, 0.717) is 18.8 Å². The van der Waals surface area contributed by atoms with Gasteiger partial charge in [-0.1, -0.05) is 51.9 Å². The minimum Gasteiger partial charge on any atom is -0.772 e. The van der Waals surface area contributed by atoms with E-state index in [1.165, 1.54) is 12.8 Å². The van der Waals surface area contributed by atoms with Crippen molar-refractivity contribution in [3.63, 3.8) is 0 Å². The Balaban J connectivity index is 3.64. The number of carbonyl (C=O) groups is 1. The van der Waals surface area contributed by atoms with Crippen molar-refractivity contribution in [2.24, 2.45) is 0 Å². The molecule has 22 heavy (non-hydrogen) atoms. The summed E-state index contributed by atoms with van der Waals surface area (Å²) in [4.78, 5) is 23.1. The molecule has 0 aromatic rings. The van der Waals surface area contributed by atoms with E-state index in [1.54, 1.807) is 0 Å². The van der Waals surface area contributed by atoms with E-state index in [1.807, 2.05) is 0 Å². The number of amides is 1. The van der Waals surface area contributed by atoms with Crippen LogP contribution in [0.3, 0.4) is 0 Å². The Bertz CT molecular complexity index is 329. The van der Waals surface area contributed by atoms with Crippen LogP contribution in [-0.4, -0.2) is 24.7 Å². The van der Waals surface area contributed by atoms with Crippen molar-refractivity contribution in [1.29, 1.82) is 0 Å². The van der Waals surface area contributed by atoms with Crippen LogP contribution in [0.2, 0.25) is 0 Å². The van der Waals surface area contributed by atoms with Gasteiger partial charge >= 0.3 is 0 Å². The fourth-order valence-electron chi connectivity index (χ4n) is 1.99. The van der Waals surface area contributed by atoms with Crippen LogP contribution in [-0.2, 0) is 9.09 Å². The summed E-state index contributed by atoms with van der Waals surface area (Å²) in [5.74, 6) is 0.633. The molecule has 0 bridgehead atoms. The first-order chi connectivity index (χ1) is 10.5. The molecule has 1 atom stereocenters. The maximum atomic E-state index is 11.6. The Kier molecular flexibility index (Phi) is 14.4. The lowest BCUT2D eigenvalue weighted by atomic mass is 10.1. The topological polar surface area (TPSA) is 78.5 Å². The predicted octanol–water partition coefficient (Wildman–Crippen LogP) is 4.43. The third-order valence-corrected chi connectivity index (χ3v) is 4.79. The van der Waals surface area contributed by atoms with Crippen molar-refractivity contribution in [3.8, 4) is 0 Å². The molecule has 132 valence electrons. The van der Waals surface area contributed by atoms with Crippen LogP contribution in [0, 0.1) is 0 Å². The second kappa shape index (κ2) is 14.5. The highest BCUT2D eigenvalue weighted by Crippen LogP contribution is 2.37. The molecule has 1 unspecified atom stereocenters. The summed E-state index contributed by atoms with van der Waals surface area (Å²) in [7, 11) is -4.43. The Morgan fingerprint density at radius 1 is 1.05 bits per heavy atom. The Morgan fingerprint density at radius 2 is 1.64 bits per heavy atom. The van der Waals surface area contributed by atoms with Crippen LogP contribution >= 0.6 is 19.2 Å². The van der Waals surface area contributed by atoms with Gasteiger partial charge in [0.2, 0.25) is 7.60 Å². The largest absolute Gasteiger partial charge is 0.772 e. The van der Waals surface area contributed by atoms with Gasteiger partial charge in [-0.2, -0.15) is 0 Å². The maximum Gasteiger partial charge on any atom is 0.291 e. The molecule has 0 rings (SSSR count). The van der Waals surface area contributed by atoms with Crippen molar-refractivity contribution in [1.82, 2.24) is 5.32 Å². The number of rotatable bonds is 15. The Hall–Kier alpha value is -0.0900. The average molecular weight is 355 g/mol. The molecule has 0 saturated carbocycles. The molecule has 0 aromatic carbocycles. The van der Waals surface area contributed by atoms with Crippen molar-refractivity contribution >= 4 is 24.8 Å². The fourth-order valence-corrected chi connectivity index (χ4v) is 2.97. The molecule has 1 N–H and O–H groups in total. The molecule has 0 radical (unpaired) electrons. The standard InChI is InChI=1S/C15H31ClNO4P/c1-2-3-4-5-8-11-14-21-22(19,20)15(18)17-13-10-7-6-9-12-16/h2-14H2,1H3,(H,17,18)(H,19,20)/p-1. The third-order valence-electron chi connectivity index (χ3n) is 3.34. The number of hydrogen-bond acceptors (Lipinski definition) is 4. The molecule has 0 fully saturated rings. The van der Waals surface area contributed by atoms with Gasteiger partial charge in [0.15, 0.2) is 0 Å². The lowest BCUT2D eigenvalue weighted by molar-refractivity contribution is -0.194. The number of nitrogens with one attached hydrogen (secondary N) is 1. The molecular weight excluding hydrogens is 325 g/mol. The van der Waals surface area contributed by atoms with E-state index in [4.69, 9.17) is 16.1 Å². The molecule has 7 heteroatoms. The number of carbonyl (C=O) groups excluding carboxylic acids is 1. The van der Waals surface area contributed by atoms with Crippen molar-refractivity contribution in [3.05, 3.63) is 0 Å². The first-order valence-electron chi connectivity index (χ1n) is 8.34. The third kappa shape index (κ3) is 12.5. The van der Waals surface area contributed by atoms with E-state index in [-0.39, 0.29) is 6.61 Å². The lowest BCUT2D eigenvalue weighted by Gasteiger charge is -2.21. The molecule has 0 aromatic heterocycles. The quantitative estimate of drug-likeness (QED) is 0.268. The van der Waals surface area contributed by atoms with E-state index in [0.717, 1.165) is 44.9 Å². The van der Waals surface area contributed by atoms with Crippen LogP contribution in [0.5, 0.6) is 0 Å². The second-order valence-corrected chi connectivity index (χ2v) is 7.47. The normalized spacial score (nSPS) is 13.8. The van der Waals surface area contributed by atoms with Gasteiger partial charge in [-0.05, 0) is 19.3 Å². The minimum absolute atomic E-state index is 0.0933. The zero-order chi connectivity index (χ0) is 16.7. The van der Waals surface area contributed by atoms with Crippen molar-refractivity contribution in [2.75, 3.05) is 19.0 Å². The molecule has 0 aliphatic carbocycles. The van der Waals surface area contributed by atoms with Gasteiger partial charge in [-0.25, -0.2) is 0 Å². The van der Waals surface area contributed by atoms with Crippen LogP contribution in [0.1, 0.15) is 71.1 Å². The van der Waals surface area contributed by atoms with E-state index < -0.39 is 13.2 Å². The number of hydrogen-bond donors (Lipinski definition) is 1. The zero-order valence-corrected chi connectivity index (χ0v) is 15.3. The van der Waals surface area contributed by atoms with Gasteiger partial charge in [0.1, 0.15) is 0 Å². The second-order valence-electron chi connectivity index (χ2n) is 5.43. The molecule has 0 aliphatic rings. The Morgan fingerprint density at radius 3 is 2.32 bits per heavy atom.